The van der Waals surface area contributed by atoms with Crippen LogP contribution >= 0.6 is 22.9 Å². The number of nitrogens with zero attached hydrogens (tertiary/aromatic N) is 3. The van der Waals surface area contributed by atoms with Crippen molar-refractivity contribution in [1.82, 2.24) is 10.2 Å². The van der Waals surface area contributed by atoms with Gasteiger partial charge in [-0.1, -0.05) is 41.1 Å². The Morgan fingerprint density at radius 3 is 2.44 bits per heavy atom. The van der Waals surface area contributed by atoms with Crippen LogP contribution in [0.5, 0.6) is 11.5 Å². The molecule has 1 heterocycles. The van der Waals surface area contributed by atoms with E-state index in [2.05, 4.69) is 10.2 Å². The van der Waals surface area contributed by atoms with Crippen molar-refractivity contribution in [3.05, 3.63) is 53.1 Å². The summed E-state index contributed by atoms with van der Waals surface area (Å²) in [6.45, 7) is 0. The van der Waals surface area contributed by atoms with Gasteiger partial charge in [-0.25, -0.2) is 0 Å². The number of hydrogen-bond acceptors (Lipinski definition) is 6. The van der Waals surface area contributed by atoms with E-state index in [4.69, 9.17) is 21.1 Å². The van der Waals surface area contributed by atoms with E-state index < -0.39 is 0 Å². The lowest BCUT2D eigenvalue weighted by Crippen LogP contribution is -2.27. The molecule has 0 bridgehead atoms. The number of hydrogen-bond donors (Lipinski definition) is 0. The normalized spacial score (nSPS) is 10.5. The van der Waals surface area contributed by atoms with E-state index in [-0.39, 0.29) is 12.3 Å². The number of carbonyl (C=O) groups excluding carboxylic acids is 1. The summed E-state index contributed by atoms with van der Waals surface area (Å²) in [7, 11) is 4.83. The van der Waals surface area contributed by atoms with E-state index in [9.17, 15) is 4.79 Å². The molecule has 6 nitrogen and oxygen atoms in total. The Labute approximate surface area is 166 Å². The molecule has 0 aliphatic heterocycles. The summed E-state index contributed by atoms with van der Waals surface area (Å²) in [4.78, 5) is 14.1. The maximum absolute atomic E-state index is 12.6. The fourth-order valence-electron chi connectivity index (χ4n) is 2.45. The van der Waals surface area contributed by atoms with Crippen molar-refractivity contribution < 1.29 is 14.3 Å². The molecule has 3 aromatic rings. The molecule has 0 radical (unpaired) electrons. The van der Waals surface area contributed by atoms with E-state index in [0.717, 1.165) is 16.1 Å². The molecule has 0 fully saturated rings. The van der Waals surface area contributed by atoms with Crippen LogP contribution in [0, 0.1) is 0 Å². The minimum Gasteiger partial charge on any atom is -0.493 e. The fourth-order valence-corrected chi connectivity index (χ4v) is 3.41. The second-order valence-electron chi connectivity index (χ2n) is 5.72. The number of carbonyl (C=O) groups is 1. The SMILES string of the molecule is COc1ccc(CC(=O)N(C)c2nnc(-c3ccc(Cl)cc3)s2)cc1OC. The number of rotatable bonds is 6. The van der Waals surface area contributed by atoms with Crippen LogP contribution < -0.4 is 14.4 Å². The number of benzene rings is 2. The maximum atomic E-state index is 12.6. The first-order chi connectivity index (χ1) is 13.0. The van der Waals surface area contributed by atoms with Gasteiger partial charge in [0.25, 0.3) is 0 Å². The first-order valence-corrected chi connectivity index (χ1v) is 9.28. The van der Waals surface area contributed by atoms with Crippen LogP contribution in [0.2, 0.25) is 5.02 Å². The zero-order valence-electron chi connectivity index (χ0n) is 15.1. The monoisotopic (exact) mass is 403 g/mol. The summed E-state index contributed by atoms with van der Waals surface area (Å²) in [6, 6.07) is 12.8. The van der Waals surface area contributed by atoms with Gasteiger partial charge in [0.15, 0.2) is 11.5 Å². The largest absolute Gasteiger partial charge is 0.493 e. The molecule has 1 aromatic heterocycles. The molecule has 0 unspecified atom stereocenters. The second kappa shape index (κ2) is 8.37. The lowest BCUT2D eigenvalue weighted by atomic mass is 10.1. The number of methoxy groups -OCH3 is 2. The van der Waals surface area contributed by atoms with Gasteiger partial charge in [0.05, 0.1) is 20.6 Å². The first kappa shape index (κ1) is 19.1. The van der Waals surface area contributed by atoms with Crippen LogP contribution in [0.4, 0.5) is 5.13 Å². The fraction of sp³-hybridized carbons (Fsp3) is 0.211. The van der Waals surface area contributed by atoms with Crippen LogP contribution in [-0.4, -0.2) is 37.4 Å². The molecule has 3 rings (SSSR count). The highest BCUT2D eigenvalue weighted by atomic mass is 35.5. The van der Waals surface area contributed by atoms with Gasteiger partial charge in [-0.3, -0.25) is 9.69 Å². The minimum atomic E-state index is -0.0963. The predicted octanol–water partition coefficient (Wildman–Crippen LogP) is 4.08. The molecule has 2 aromatic carbocycles. The quantitative estimate of drug-likeness (QED) is 0.620. The summed E-state index contributed by atoms with van der Waals surface area (Å²) in [5, 5.41) is 10.2. The highest BCUT2D eigenvalue weighted by Crippen LogP contribution is 2.30. The standard InChI is InChI=1S/C19H18ClN3O3S/c1-23(17(24)11-12-4-9-15(25-2)16(10-12)26-3)19-22-21-18(27-19)13-5-7-14(20)8-6-13/h4-10H,11H2,1-3H3. The second-order valence-corrected chi connectivity index (χ2v) is 7.11. The third-order valence-corrected chi connectivity index (χ3v) is 5.27. The van der Waals surface area contributed by atoms with Gasteiger partial charge in [-0.15, -0.1) is 10.2 Å². The molecule has 0 spiro atoms. The number of amides is 1. The summed E-state index contributed by atoms with van der Waals surface area (Å²) < 4.78 is 10.5. The highest BCUT2D eigenvalue weighted by Gasteiger charge is 2.18. The topological polar surface area (TPSA) is 64.5 Å². The third kappa shape index (κ3) is 4.37. The van der Waals surface area contributed by atoms with Gasteiger partial charge in [-0.05, 0) is 29.8 Å². The Hall–Kier alpha value is -2.64. The zero-order valence-corrected chi connectivity index (χ0v) is 16.7. The smallest absolute Gasteiger partial charge is 0.232 e. The van der Waals surface area contributed by atoms with Gasteiger partial charge in [-0.2, -0.15) is 0 Å². The van der Waals surface area contributed by atoms with Gasteiger partial charge in [0.2, 0.25) is 11.0 Å². The van der Waals surface area contributed by atoms with E-state index in [0.29, 0.717) is 21.7 Å². The number of ether oxygens (including phenoxy) is 2. The molecule has 0 saturated heterocycles. The molecule has 0 saturated carbocycles. The summed E-state index contributed by atoms with van der Waals surface area (Å²) in [5.41, 5.74) is 1.73. The Bertz CT molecular complexity index is 944. The van der Waals surface area contributed by atoms with Crippen molar-refractivity contribution in [3.63, 3.8) is 0 Å². The highest BCUT2D eigenvalue weighted by molar-refractivity contribution is 7.18. The van der Waals surface area contributed by atoms with E-state index in [1.54, 1.807) is 45.5 Å². The Morgan fingerprint density at radius 2 is 1.78 bits per heavy atom. The average Bonchev–Trinajstić information content (AvgIpc) is 3.17. The van der Waals surface area contributed by atoms with Crippen LogP contribution in [0.1, 0.15) is 5.56 Å². The zero-order chi connectivity index (χ0) is 19.4. The molecular weight excluding hydrogens is 386 g/mol. The third-order valence-electron chi connectivity index (χ3n) is 3.97. The summed E-state index contributed by atoms with van der Waals surface area (Å²) in [5.74, 6) is 1.12. The predicted molar refractivity (Wildman–Crippen MR) is 107 cm³/mol. The number of anilines is 1. The van der Waals surface area contributed by atoms with Crippen molar-refractivity contribution in [1.29, 1.82) is 0 Å². The van der Waals surface area contributed by atoms with Crippen molar-refractivity contribution >= 4 is 34.0 Å². The molecule has 1 amide bonds. The van der Waals surface area contributed by atoms with Crippen molar-refractivity contribution in [2.24, 2.45) is 0 Å². The number of likely N-dealkylation sites (N-methyl/N-ethyl adjacent to an activating group) is 1. The number of halogens is 1. The van der Waals surface area contributed by atoms with E-state index in [1.807, 2.05) is 18.2 Å². The van der Waals surface area contributed by atoms with Crippen molar-refractivity contribution in [2.45, 2.75) is 6.42 Å². The average molecular weight is 404 g/mol. The van der Waals surface area contributed by atoms with Crippen molar-refractivity contribution in [2.75, 3.05) is 26.2 Å². The van der Waals surface area contributed by atoms with E-state index in [1.165, 1.54) is 16.2 Å². The molecule has 8 heteroatoms. The summed E-state index contributed by atoms with van der Waals surface area (Å²) >= 11 is 7.26. The molecule has 0 N–H and O–H groups in total. The van der Waals surface area contributed by atoms with E-state index >= 15 is 0 Å². The molecule has 140 valence electrons. The van der Waals surface area contributed by atoms with Gasteiger partial charge < -0.3 is 9.47 Å². The molecule has 0 aliphatic rings. The lowest BCUT2D eigenvalue weighted by molar-refractivity contribution is -0.117. The van der Waals surface area contributed by atoms with Crippen molar-refractivity contribution in [3.8, 4) is 22.1 Å². The van der Waals surface area contributed by atoms with Gasteiger partial charge in [0.1, 0.15) is 5.01 Å². The van der Waals surface area contributed by atoms with Gasteiger partial charge >= 0.3 is 0 Å². The van der Waals surface area contributed by atoms with Crippen LogP contribution in [-0.2, 0) is 11.2 Å². The summed E-state index contributed by atoms with van der Waals surface area (Å²) in [6.07, 6.45) is 0.215. The maximum Gasteiger partial charge on any atom is 0.232 e. The molecule has 0 atom stereocenters. The Morgan fingerprint density at radius 1 is 1.07 bits per heavy atom. The Balaban J connectivity index is 1.73. The first-order valence-electron chi connectivity index (χ1n) is 8.08. The molecule has 27 heavy (non-hydrogen) atoms. The molecular formula is C19H18ClN3O3S. The van der Waals surface area contributed by atoms with Crippen LogP contribution in [0.25, 0.3) is 10.6 Å². The van der Waals surface area contributed by atoms with Crippen LogP contribution in [0.3, 0.4) is 0 Å². The number of aromatic nitrogens is 2. The van der Waals surface area contributed by atoms with Gasteiger partial charge in [0, 0.05) is 17.6 Å². The minimum absolute atomic E-state index is 0.0963. The lowest BCUT2D eigenvalue weighted by Gasteiger charge is -2.14. The molecule has 0 aliphatic carbocycles. The van der Waals surface area contributed by atoms with Crippen LogP contribution in [0.15, 0.2) is 42.5 Å². The Kier molecular flexibility index (Phi) is 5.93.